The molecule has 1 unspecified atom stereocenters. The van der Waals surface area contributed by atoms with Crippen LogP contribution in [0.2, 0.25) is 0 Å². The van der Waals surface area contributed by atoms with E-state index in [-0.39, 0.29) is 5.91 Å². The Bertz CT molecular complexity index is 1100. The number of rotatable bonds is 5. The molecule has 1 aromatic heterocycles. The van der Waals surface area contributed by atoms with Gasteiger partial charge in [-0.15, -0.1) is 0 Å². The lowest BCUT2D eigenvalue weighted by Crippen LogP contribution is -2.27. The van der Waals surface area contributed by atoms with Crippen molar-refractivity contribution in [3.63, 3.8) is 0 Å². The maximum atomic E-state index is 13.1. The summed E-state index contributed by atoms with van der Waals surface area (Å²) >= 11 is 0. The first-order chi connectivity index (χ1) is 13.6. The summed E-state index contributed by atoms with van der Waals surface area (Å²) < 4.78 is 5.53. The van der Waals surface area contributed by atoms with Crippen LogP contribution in [-0.2, 0) is 4.79 Å². The van der Waals surface area contributed by atoms with Gasteiger partial charge in [0.25, 0.3) is 5.91 Å². The zero-order valence-electron chi connectivity index (χ0n) is 15.8. The summed E-state index contributed by atoms with van der Waals surface area (Å²) in [5.41, 5.74) is 5.07. The molecule has 4 aromatic rings. The number of hydrogen-bond donors (Lipinski definition) is 2. The number of oxazole rings is 1. The standard InChI is InChI=1S/C23H21N3O2/c1-15-8-10-18(11-9-15)26-23(27)22(17-6-4-3-5-7-17)25-19-12-13-21-20(14-19)24-16(2)28-21/h3-14,22,25H,1-2H3,(H,26,27). The van der Waals surface area contributed by atoms with E-state index in [0.717, 1.165) is 33.6 Å². The fourth-order valence-corrected chi connectivity index (χ4v) is 3.10. The van der Waals surface area contributed by atoms with Gasteiger partial charge in [0, 0.05) is 18.3 Å². The highest BCUT2D eigenvalue weighted by molar-refractivity contribution is 5.97. The summed E-state index contributed by atoms with van der Waals surface area (Å²) in [6.45, 7) is 3.83. The normalized spacial score (nSPS) is 11.9. The van der Waals surface area contributed by atoms with Crippen LogP contribution in [-0.4, -0.2) is 10.9 Å². The van der Waals surface area contributed by atoms with E-state index in [2.05, 4.69) is 15.6 Å². The summed E-state index contributed by atoms with van der Waals surface area (Å²) in [4.78, 5) is 17.4. The van der Waals surface area contributed by atoms with Gasteiger partial charge in [-0.05, 0) is 42.8 Å². The highest BCUT2D eigenvalue weighted by Crippen LogP contribution is 2.25. The Morgan fingerprint density at radius 3 is 2.39 bits per heavy atom. The van der Waals surface area contributed by atoms with Crippen LogP contribution in [0.15, 0.2) is 77.2 Å². The summed E-state index contributed by atoms with van der Waals surface area (Å²) in [5, 5.41) is 6.33. The van der Waals surface area contributed by atoms with Crippen LogP contribution >= 0.6 is 0 Å². The Hall–Kier alpha value is -3.60. The van der Waals surface area contributed by atoms with Gasteiger partial charge in [0.1, 0.15) is 11.6 Å². The van der Waals surface area contributed by atoms with E-state index in [1.54, 1.807) is 0 Å². The molecule has 2 N–H and O–H groups in total. The molecular formula is C23H21N3O2. The van der Waals surface area contributed by atoms with Gasteiger partial charge in [-0.1, -0.05) is 48.0 Å². The molecule has 0 saturated carbocycles. The largest absolute Gasteiger partial charge is 0.441 e. The van der Waals surface area contributed by atoms with Gasteiger partial charge in [0.2, 0.25) is 0 Å². The first-order valence-electron chi connectivity index (χ1n) is 9.15. The lowest BCUT2D eigenvalue weighted by Gasteiger charge is -2.20. The zero-order valence-corrected chi connectivity index (χ0v) is 15.8. The van der Waals surface area contributed by atoms with Gasteiger partial charge in [0.15, 0.2) is 11.5 Å². The quantitative estimate of drug-likeness (QED) is 0.504. The minimum Gasteiger partial charge on any atom is -0.441 e. The Morgan fingerprint density at radius 2 is 1.64 bits per heavy atom. The van der Waals surface area contributed by atoms with E-state index in [0.29, 0.717) is 5.89 Å². The number of benzene rings is 3. The molecule has 0 fully saturated rings. The predicted octanol–water partition coefficient (Wildman–Crippen LogP) is 5.24. The molecule has 3 aromatic carbocycles. The minimum atomic E-state index is -0.548. The minimum absolute atomic E-state index is 0.133. The number of carbonyl (C=O) groups is 1. The Labute approximate surface area is 163 Å². The van der Waals surface area contributed by atoms with Crippen molar-refractivity contribution in [2.75, 3.05) is 10.6 Å². The monoisotopic (exact) mass is 371 g/mol. The average molecular weight is 371 g/mol. The van der Waals surface area contributed by atoms with Crippen molar-refractivity contribution in [1.29, 1.82) is 0 Å². The summed E-state index contributed by atoms with van der Waals surface area (Å²) in [5.74, 6) is 0.482. The lowest BCUT2D eigenvalue weighted by molar-refractivity contribution is -0.117. The van der Waals surface area contributed by atoms with Crippen LogP contribution < -0.4 is 10.6 Å². The molecule has 1 atom stereocenters. The summed E-state index contributed by atoms with van der Waals surface area (Å²) in [6, 6.07) is 22.5. The van der Waals surface area contributed by atoms with Crippen LogP contribution in [0.4, 0.5) is 11.4 Å². The van der Waals surface area contributed by atoms with Crippen molar-refractivity contribution in [3.05, 3.63) is 89.8 Å². The van der Waals surface area contributed by atoms with Gasteiger partial charge >= 0.3 is 0 Å². The van der Waals surface area contributed by atoms with Crippen molar-refractivity contribution >= 4 is 28.4 Å². The van der Waals surface area contributed by atoms with Gasteiger partial charge in [-0.3, -0.25) is 4.79 Å². The Balaban J connectivity index is 1.62. The van der Waals surface area contributed by atoms with Crippen molar-refractivity contribution < 1.29 is 9.21 Å². The van der Waals surface area contributed by atoms with E-state index in [1.807, 2.05) is 86.6 Å². The molecule has 4 rings (SSSR count). The van der Waals surface area contributed by atoms with Gasteiger partial charge < -0.3 is 15.1 Å². The fraction of sp³-hybridized carbons (Fsp3) is 0.130. The second-order valence-corrected chi connectivity index (χ2v) is 6.76. The third-order valence-corrected chi connectivity index (χ3v) is 4.52. The van der Waals surface area contributed by atoms with Crippen LogP contribution in [0.3, 0.4) is 0 Å². The van der Waals surface area contributed by atoms with Crippen molar-refractivity contribution in [2.45, 2.75) is 19.9 Å². The molecule has 0 aliphatic rings. The molecule has 5 heteroatoms. The molecule has 140 valence electrons. The topological polar surface area (TPSA) is 67.2 Å². The van der Waals surface area contributed by atoms with Crippen LogP contribution in [0.5, 0.6) is 0 Å². The molecule has 0 aliphatic carbocycles. The molecule has 5 nitrogen and oxygen atoms in total. The van der Waals surface area contributed by atoms with Crippen LogP contribution in [0.1, 0.15) is 23.1 Å². The van der Waals surface area contributed by atoms with Crippen molar-refractivity contribution in [2.24, 2.45) is 0 Å². The molecule has 0 aliphatic heterocycles. The number of fused-ring (bicyclic) bond motifs is 1. The van der Waals surface area contributed by atoms with E-state index >= 15 is 0 Å². The lowest BCUT2D eigenvalue weighted by atomic mass is 10.1. The smallest absolute Gasteiger partial charge is 0.251 e. The SMILES string of the molecule is Cc1ccc(NC(=O)C(Nc2ccc3oc(C)nc3c2)c2ccccc2)cc1. The number of aryl methyl sites for hydroxylation is 2. The number of hydrogen-bond acceptors (Lipinski definition) is 4. The van der Waals surface area contributed by atoms with Crippen molar-refractivity contribution in [3.8, 4) is 0 Å². The van der Waals surface area contributed by atoms with E-state index in [4.69, 9.17) is 4.42 Å². The third kappa shape index (κ3) is 3.88. The van der Waals surface area contributed by atoms with E-state index in [1.165, 1.54) is 0 Å². The van der Waals surface area contributed by atoms with Crippen molar-refractivity contribution in [1.82, 2.24) is 4.98 Å². The number of nitrogens with one attached hydrogen (secondary N) is 2. The highest BCUT2D eigenvalue weighted by Gasteiger charge is 2.21. The molecule has 1 heterocycles. The summed E-state index contributed by atoms with van der Waals surface area (Å²) in [7, 11) is 0. The fourth-order valence-electron chi connectivity index (χ4n) is 3.10. The van der Waals surface area contributed by atoms with Gasteiger partial charge in [-0.25, -0.2) is 4.98 Å². The molecular weight excluding hydrogens is 350 g/mol. The maximum absolute atomic E-state index is 13.1. The van der Waals surface area contributed by atoms with E-state index in [9.17, 15) is 4.79 Å². The first-order valence-corrected chi connectivity index (χ1v) is 9.15. The second kappa shape index (κ2) is 7.56. The summed E-state index contributed by atoms with van der Waals surface area (Å²) in [6.07, 6.45) is 0. The number of amides is 1. The van der Waals surface area contributed by atoms with Crippen LogP contribution in [0.25, 0.3) is 11.1 Å². The molecule has 1 amide bonds. The molecule has 0 spiro atoms. The number of aromatic nitrogens is 1. The highest BCUT2D eigenvalue weighted by atomic mass is 16.3. The number of anilines is 2. The van der Waals surface area contributed by atoms with Crippen LogP contribution in [0, 0.1) is 13.8 Å². The average Bonchev–Trinajstić information content (AvgIpc) is 3.07. The second-order valence-electron chi connectivity index (χ2n) is 6.76. The Kier molecular flexibility index (Phi) is 4.81. The maximum Gasteiger partial charge on any atom is 0.251 e. The molecule has 0 saturated heterocycles. The molecule has 0 radical (unpaired) electrons. The van der Waals surface area contributed by atoms with Gasteiger partial charge in [-0.2, -0.15) is 0 Å². The van der Waals surface area contributed by atoms with E-state index < -0.39 is 6.04 Å². The number of nitrogens with zero attached hydrogens (tertiary/aromatic N) is 1. The molecule has 0 bridgehead atoms. The first kappa shape index (κ1) is 17.8. The predicted molar refractivity (Wildman–Crippen MR) is 111 cm³/mol. The number of carbonyl (C=O) groups excluding carboxylic acids is 1. The molecule has 28 heavy (non-hydrogen) atoms. The third-order valence-electron chi connectivity index (χ3n) is 4.52. The zero-order chi connectivity index (χ0) is 19.5. The van der Waals surface area contributed by atoms with Gasteiger partial charge in [0.05, 0.1) is 0 Å². The Morgan fingerprint density at radius 1 is 0.929 bits per heavy atom.